The third-order valence-corrected chi connectivity index (χ3v) is 6.79. The van der Waals surface area contributed by atoms with Crippen molar-refractivity contribution in [3.8, 4) is 0 Å². The summed E-state index contributed by atoms with van der Waals surface area (Å²) in [6.45, 7) is 7.76. The molecule has 35 heavy (non-hydrogen) atoms. The maximum absolute atomic E-state index is 13.6. The summed E-state index contributed by atoms with van der Waals surface area (Å²) in [6.07, 6.45) is 2.18. The molecule has 7 nitrogen and oxygen atoms in total. The molecule has 0 saturated carbocycles. The number of carbonyl (C=O) groups excluding carboxylic acids is 2. The van der Waals surface area contributed by atoms with Crippen molar-refractivity contribution in [2.45, 2.75) is 53.1 Å². The topological polar surface area (TPSA) is 86.8 Å². The number of aryl methyl sites for hydroxylation is 1. The van der Waals surface area contributed by atoms with Crippen LogP contribution in [0.4, 0.5) is 10.1 Å². The number of carbonyl (C=O) groups is 2. The average molecular weight is 506 g/mol. The Kier molecular flexibility index (Phi) is 10.2. The van der Waals surface area contributed by atoms with Gasteiger partial charge in [-0.15, -0.1) is 0 Å². The molecule has 0 radical (unpaired) electrons. The van der Waals surface area contributed by atoms with Crippen LogP contribution in [0.5, 0.6) is 0 Å². The lowest BCUT2D eigenvalue weighted by Gasteiger charge is -2.33. The summed E-state index contributed by atoms with van der Waals surface area (Å²) in [6, 6.07) is 11.8. The Morgan fingerprint density at radius 2 is 1.54 bits per heavy atom. The van der Waals surface area contributed by atoms with E-state index in [0.29, 0.717) is 24.2 Å². The highest BCUT2D eigenvalue weighted by atomic mass is 32.2. The number of nitrogens with zero attached hydrogens (tertiary/aromatic N) is 2. The van der Waals surface area contributed by atoms with E-state index >= 15 is 0 Å². The van der Waals surface area contributed by atoms with E-state index in [9.17, 15) is 22.4 Å². The van der Waals surface area contributed by atoms with Crippen molar-refractivity contribution in [1.29, 1.82) is 0 Å². The lowest BCUT2D eigenvalue weighted by molar-refractivity contribution is -0.140. The Bertz CT molecular complexity index is 1090. The summed E-state index contributed by atoms with van der Waals surface area (Å²) < 4.78 is 39.7. The van der Waals surface area contributed by atoms with Gasteiger partial charge in [-0.2, -0.15) is 0 Å². The van der Waals surface area contributed by atoms with Crippen molar-refractivity contribution in [2.24, 2.45) is 5.92 Å². The standard InChI is InChI=1S/C26H36FN3O4S/c1-6-20-10-14-23(15-11-20)30(35(5,33)34)18-25(31)29(17-21-8-12-22(27)13-9-21)24(7-2)26(32)28-16-19(3)4/h8-15,19,24H,6-7,16-18H2,1-5H3,(H,28,32)/t24-/m1/s1. The lowest BCUT2D eigenvalue weighted by atomic mass is 10.1. The average Bonchev–Trinajstić information content (AvgIpc) is 2.81. The van der Waals surface area contributed by atoms with Gasteiger partial charge in [-0.1, -0.05) is 52.0 Å². The van der Waals surface area contributed by atoms with Gasteiger partial charge in [0, 0.05) is 13.1 Å². The zero-order chi connectivity index (χ0) is 26.2. The second-order valence-corrected chi connectivity index (χ2v) is 10.9. The first-order valence-electron chi connectivity index (χ1n) is 11.8. The molecule has 0 heterocycles. The van der Waals surface area contributed by atoms with E-state index in [1.807, 2.05) is 32.9 Å². The summed E-state index contributed by atoms with van der Waals surface area (Å²) >= 11 is 0. The van der Waals surface area contributed by atoms with Gasteiger partial charge in [0.15, 0.2) is 0 Å². The highest BCUT2D eigenvalue weighted by molar-refractivity contribution is 7.92. The SMILES string of the molecule is CCc1ccc(N(CC(=O)N(Cc2ccc(F)cc2)[C@H](CC)C(=O)NCC(C)C)S(C)(=O)=O)cc1. The van der Waals surface area contributed by atoms with Crippen molar-refractivity contribution in [3.63, 3.8) is 0 Å². The number of nitrogens with one attached hydrogen (secondary N) is 1. The van der Waals surface area contributed by atoms with Crippen molar-refractivity contribution in [2.75, 3.05) is 23.7 Å². The molecule has 0 saturated heterocycles. The van der Waals surface area contributed by atoms with Gasteiger partial charge in [-0.25, -0.2) is 12.8 Å². The first-order chi connectivity index (χ1) is 16.5. The summed E-state index contributed by atoms with van der Waals surface area (Å²) in [5.41, 5.74) is 2.05. The van der Waals surface area contributed by atoms with Crippen molar-refractivity contribution in [3.05, 3.63) is 65.5 Å². The normalized spacial score (nSPS) is 12.3. The van der Waals surface area contributed by atoms with Crippen LogP contribution >= 0.6 is 0 Å². The molecule has 0 fully saturated rings. The molecule has 192 valence electrons. The van der Waals surface area contributed by atoms with Crippen molar-refractivity contribution >= 4 is 27.5 Å². The number of hydrogen-bond donors (Lipinski definition) is 1. The van der Waals surface area contributed by atoms with E-state index in [1.54, 1.807) is 31.2 Å². The predicted molar refractivity (Wildman–Crippen MR) is 137 cm³/mol. The molecule has 0 aromatic heterocycles. The van der Waals surface area contributed by atoms with Crippen molar-refractivity contribution in [1.82, 2.24) is 10.2 Å². The molecule has 0 aliphatic carbocycles. The van der Waals surface area contributed by atoms with Gasteiger partial charge < -0.3 is 10.2 Å². The summed E-state index contributed by atoms with van der Waals surface area (Å²) in [7, 11) is -3.78. The van der Waals surface area contributed by atoms with Gasteiger partial charge in [0.25, 0.3) is 0 Å². The number of sulfonamides is 1. The number of amides is 2. The largest absolute Gasteiger partial charge is 0.354 e. The molecule has 0 bridgehead atoms. The summed E-state index contributed by atoms with van der Waals surface area (Å²) in [5.74, 6) is -1.02. The Morgan fingerprint density at radius 1 is 0.971 bits per heavy atom. The van der Waals surface area contributed by atoms with Crippen LogP contribution in [0.1, 0.15) is 45.2 Å². The Balaban J connectivity index is 2.40. The van der Waals surface area contributed by atoms with Crippen LogP contribution in [0.3, 0.4) is 0 Å². The molecule has 0 spiro atoms. The fraction of sp³-hybridized carbons (Fsp3) is 0.462. The van der Waals surface area contributed by atoms with Crippen LogP contribution in [0.2, 0.25) is 0 Å². The minimum absolute atomic E-state index is 0.0408. The molecular weight excluding hydrogens is 469 g/mol. The maximum atomic E-state index is 13.6. The quantitative estimate of drug-likeness (QED) is 0.476. The molecule has 1 atom stereocenters. The van der Waals surface area contributed by atoms with Crippen LogP contribution < -0.4 is 9.62 Å². The number of benzene rings is 2. The Hall–Kier alpha value is -2.94. The van der Waals surface area contributed by atoms with Gasteiger partial charge in [0.1, 0.15) is 18.4 Å². The number of rotatable bonds is 12. The van der Waals surface area contributed by atoms with E-state index in [1.165, 1.54) is 17.0 Å². The fourth-order valence-electron chi connectivity index (χ4n) is 3.64. The highest BCUT2D eigenvalue weighted by Crippen LogP contribution is 2.21. The third-order valence-electron chi connectivity index (χ3n) is 5.65. The molecule has 2 aromatic carbocycles. The zero-order valence-corrected chi connectivity index (χ0v) is 21.9. The molecule has 2 aromatic rings. The molecule has 9 heteroatoms. The fourth-order valence-corrected chi connectivity index (χ4v) is 4.49. The van der Waals surface area contributed by atoms with E-state index in [-0.39, 0.29) is 18.4 Å². The van der Waals surface area contributed by atoms with Gasteiger partial charge in [-0.05, 0) is 54.2 Å². The monoisotopic (exact) mass is 505 g/mol. The molecule has 2 amide bonds. The van der Waals surface area contributed by atoms with Crippen LogP contribution in [0.15, 0.2) is 48.5 Å². The molecule has 0 aliphatic heterocycles. The number of hydrogen-bond acceptors (Lipinski definition) is 4. The number of anilines is 1. The van der Waals surface area contributed by atoms with Crippen LogP contribution in [-0.4, -0.2) is 50.5 Å². The second kappa shape index (κ2) is 12.7. The molecule has 0 aliphatic rings. The van der Waals surface area contributed by atoms with E-state index in [0.717, 1.165) is 22.5 Å². The highest BCUT2D eigenvalue weighted by Gasteiger charge is 2.31. The van der Waals surface area contributed by atoms with Gasteiger partial charge in [0.2, 0.25) is 21.8 Å². The van der Waals surface area contributed by atoms with E-state index < -0.39 is 34.3 Å². The van der Waals surface area contributed by atoms with Crippen LogP contribution in [0.25, 0.3) is 0 Å². The predicted octanol–water partition coefficient (Wildman–Crippen LogP) is 3.73. The van der Waals surface area contributed by atoms with E-state index in [2.05, 4.69) is 5.32 Å². The molecule has 2 rings (SSSR count). The maximum Gasteiger partial charge on any atom is 0.244 e. The third kappa shape index (κ3) is 8.35. The Labute approximate surface area is 208 Å². The summed E-state index contributed by atoms with van der Waals surface area (Å²) in [4.78, 5) is 27.9. The smallest absolute Gasteiger partial charge is 0.244 e. The van der Waals surface area contributed by atoms with Crippen LogP contribution in [-0.2, 0) is 32.6 Å². The lowest BCUT2D eigenvalue weighted by Crippen LogP contribution is -2.52. The van der Waals surface area contributed by atoms with Crippen molar-refractivity contribution < 1.29 is 22.4 Å². The minimum atomic E-state index is -3.78. The first-order valence-corrected chi connectivity index (χ1v) is 13.7. The van der Waals surface area contributed by atoms with Gasteiger partial charge in [-0.3, -0.25) is 13.9 Å². The minimum Gasteiger partial charge on any atom is -0.354 e. The Morgan fingerprint density at radius 3 is 2.03 bits per heavy atom. The van der Waals surface area contributed by atoms with Gasteiger partial charge in [0.05, 0.1) is 11.9 Å². The second-order valence-electron chi connectivity index (χ2n) is 9.00. The zero-order valence-electron chi connectivity index (χ0n) is 21.1. The number of halogens is 1. The first kappa shape index (κ1) is 28.3. The molecule has 0 unspecified atom stereocenters. The van der Waals surface area contributed by atoms with Gasteiger partial charge >= 0.3 is 0 Å². The molecule has 1 N–H and O–H groups in total. The van der Waals surface area contributed by atoms with Crippen LogP contribution in [0, 0.1) is 11.7 Å². The summed E-state index contributed by atoms with van der Waals surface area (Å²) in [5, 5.41) is 2.87. The van der Waals surface area contributed by atoms with E-state index in [4.69, 9.17) is 0 Å². The molecular formula is C26H36FN3O4S.